The number of carbonyl (C=O) groups is 3. The van der Waals surface area contributed by atoms with Crippen LogP contribution in [0.5, 0.6) is 0 Å². The summed E-state index contributed by atoms with van der Waals surface area (Å²) in [5, 5.41) is 0. The van der Waals surface area contributed by atoms with E-state index in [1.165, 1.54) is 25.6 Å². The lowest BCUT2D eigenvalue weighted by Gasteiger charge is -2.38. The Morgan fingerprint density at radius 3 is 2.41 bits per heavy atom. The summed E-state index contributed by atoms with van der Waals surface area (Å²) in [7, 11) is 3.05. The van der Waals surface area contributed by atoms with Crippen LogP contribution in [0.2, 0.25) is 0 Å². The second-order valence-electron chi connectivity index (χ2n) is 9.30. The average molecular weight is 536 g/mol. The standard InChI is InChI=1S/C28H33N5O6/c1-5-39-28(37)31-15-12-20(13-16-31)32(25(34)23-17-29-14-11-22(23)27(36)38-4)18-24-19(2)30(3)33(26(24)35)21-9-7-6-8-10-21/h6-11,14,17,20H,5,12-13,15-16,18H2,1-4H3. The van der Waals surface area contributed by atoms with Crippen molar-refractivity contribution in [1.29, 1.82) is 0 Å². The van der Waals surface area contributed by atoms with E-state index in [0.717, 1.165) is 0 Å². The van der Waals surface area contributed by atoms with Crippen molar-refractivity contribution in [2.45, 2.75) is 39.3 Å². The molecular formula is C28H33N5O6. The number of rotatable bonds is 7. The SMILES string of the molecule is CCOC(=O)N1CCC(N(Cc2c(C)n(C)n(-c3ccccc3)c2=O)C(=O)c2cnccc2C(=O)OC)CC1. The first-order valence-corrected chi connectivity index (χ1v) is 12.9. The smallest absolute Gasteiger partial charge is 0.409 e. The van der Waals surface area contributed by atoms with Gasteiger partial charge in [-0.25, -0.2) is 14.3 Å². The third kappa shape index (κ3) is 5.57. The number of benzene rings is 1. The fourth-order valence-electron chi connectivity index (χ4n) is 4.93. The zero-order chi connectivity index (χ0) is 28.1. The summed E-state index contributed by atoms with van der Waals surface area (Å²) in [6.45, 7) is 4.69. The molecule has 11 nitrogen and oxygen atoms in total. The molecule has 4 rings (SSSR count). The first kappa shape index (κ1) is 27.6. The molecule has 0 spiro atoms. The number of hydrogen-bond acceptors (Lipinski definition) is 7. The quantitative estimate of drug-likeness (QED) is 0.427. The van der Waals surface area contributed by atoms with Gasteiger partial charge in [-0.1, -0.05) is 18.2 Å². The number of amides is 2. The number of likely N-dealkylation sites (tertiary alicyclic amines) is 1. The molecule has 1 saturated heterocycles. The molecule has 0 aliphatic carbocycles. The van der Waals surface area contributed by atoms with Crippen LogP contribution in [-0.2, 0) is 23.1 Å². The molecule has 2 aromatic heterocycles. The molecule has 0 atom stereocenters. The topological polar surface area (TPSA) is 116 Å². The summed E-state index contributed by atoms with van der Waals surface area (Å²) in [4.78, 5) is 59.7. The minimum atomic E-state index is -0.653. The number of carbonyl (C=O) groups excluding carboxylic acids is 3. The molecule has 1 aliphatic heterocycles. The predicted molar refractivity (Wildman–Crippen MR) is 143 cm³/mol. The van der Waals surface area contributed by atoms with Crippen molar-refractivity contribution in [2.75, 3.05) is 26.8 Å². The van der Waals surface area contributed by atoms with E-state index in [9.17, 15) is 19.2 Å². The zero-order valence-corrected chi connectivity index (χ0v) is 22.6. The molecule has 2 amide bonds. The van der Waals surface area contributed by atoms with Gasteiger partial charge >= 0.3 is 12.1 Å². The van der Waals surface area contributed by atoms with Gasteiger partial charge in [0.05, 0.1) is 42.6 Å². The summed E-state index contributed by atoms with van der Waals surface area (Å²) >= 11 is 0. The van der Waals surface area contributed by atoms with E-state index in [1.807, 2.05) is 37.3 Å². The Morgan fingerprint density at radius 1 is 1.08 bits per heavy atom. The minimum Gasteiger partial charge on any atom is -0.465 e. The molecule has 1 aliphatic rings. The van der Waals surface area contributed by atoms with Gasteiger partial charge in [0.25, 0.3) is 11.5 Å². The highest BCUT2D eigenvalue weighted by Gasteiger charge is 2.34. The van der Waals surface area contributed by atoms with Gasteiger partial charge in [0.15, 0.2) is 0 Å². The molecular weight excluding hydrogens is 502 g/mol. The molecule has 1 fully saturated rings. The van der Waals surface area contributed by atoms with E-state index < -0.39 is 18.0 Å². The predicted octanol–water partition coefficient (Wildman–Crippen LogP) is 2.93. The molecule has 11 heteroatoms. The Hall–Kier alpha value is -4.41. The van der Waals surface area contributed by atoms with E-state index in [0.29, 0.717) is 42.9 Å². The van der Waals surface area contributed by atoms with Crippen LogP contribution in [-0.4, -0.2) is 75.0 Å². The molecule has 0 N–H and O–H groups in total. The normalized spacial score (nSPS) is 13.7. The van der Waals surface area contributed by atoms with Crippen LogP contribution in [0.3, 0.4) is 0 Å². The van der Waals surface area contributed by atoms with E-state index in [4.69, 9.17) is 9.47 Å². The Balaban J connectivity index is 1.72. The number of para-hydroxylation sites is 1. The van der Waals surface area contributed by atoms with Crippen LogP contribution in [0.25, 0.3) is 5.69 Å². The fraction of sp³-hybridized carbons (Fsp3) is 0.393. The minimum absolute atomic E-state index is 0.0246. The van der Waals surface area contributed by atoms with Crippen LogP contribution < -0.4 is 5.56 Å². The maximum atomic E-state index is 14.0. The van der Waals surface area contributed by atoms with E-state index in [2.05, 4.69) is 4.98 Å². The third-order valence-electron chi connectivity index (χ3n) is 7.15. The number of hydrogen-bond donors (Lipinski definition) is 0. The highest BCUT2D eigenvalue weighted by molar-refractivity contribution is 6.05. The summed E-state index contributed by atoms with van der Waals surface area (Å²) in [6, 6.07) is 10.4. The van der Waals surface area contributed by atoms with Gasteiger partial charge in [0.1, 0.15) is 0 Å². The number of pyridine rings is 1. The van der Waals surface area contributed by atoms with Crippen LogP contribution in [0.1, 0.15) is 51.7 Å². The van der Waals surface area contributed by atoms with Crippen LogP contribution in [0.15, 0.2) is 53.6 Å². The number of piperidine rings is 1. The van der Waals surface area contributed by atoms with Crippen molar-refractivity contribution in [1.82, 2.24) is 24.1 Å². The molecule has 206 valence electrons. The van der Waals surface area contributed by atoms with E-state index >= 15 is 0 Å². The van der Waals surface area contributed by atoms with Crippen molar-refractivity contribution in [3.8, 4) is 5.69 Å². The van der Waals surface area contributed by atoms with Gasteiger partial charge in [-0.2, -0.15) is 0 Å². The molecule has 0 bridgehead atoms. The van der Waals surface area contributed by atoms with Gasteiger partial charge in [-0.3, -0.25) is 19.3 Å². The van der Waals surface area contributed by atoms with Crippen molar-refractivity contribution < 1.29 is 23.9 Å². The first-order chi connectivity index (χ1) is 18.8. The van der Waals surface area contributed by atoms with Gasteiger partial charge in [0, 0.05) is 44.3 Å². The molecule has 0 radical (unpaired) electrons. The number of esters is 1. The van der Waals surface area contributed by atoms with Gasteiger partial charge in [0.2, 0.25) is 0 Å². The Morgan fingerprint density at radius 2 is 1.77 bits per heavy atom. The number of aromatic nitrogens is 3. The summed E-state index contributed by atoms with van der Waals surface area (Å²) in [6.07, 6.45) is 3.34. The molecule has 3 heterocycles. The number of methoxy groups -OCH3 is 1. The van der Waals surface area contributed by atoms with Crippen LogP contribution in [0.4, 0.5) is 4.79 Å². The van der Waals surface area contributed by atoms with Crippen molar-refractivity contribution >= 4 is 18.0 Å². The molecule has 39 heavy (non-hydrogen) atoms. The Kier molecular flexibility index (Phi) is 8.48. The zero-order valence-electron chi connectivity index (χ0n) is 22.6. The van der Waals surface area contributed by atoms with Crippen molar-refractivity contribution in [2.24, 2.45) is 7.05 Å². The maximum Gasteiger partial charge on any atom is 0.409 e. The first-order valence-electron chi connectivity index (χ1n) is 12.9. The molecule has 3 aromatic rings. The third-order valence-corrected chi connectivity index (χ3v) is 7.15. The van der Waals surface area contributed by atoms with Gasteiger partial charge in [-0.05, 0) is 44.9 Å². The lowest BCUT2D eigenvalue weighted by atomic mass is 10.00. The summed E-state index contributed by atoms with van der Waals surface area (Å²) in [5.41, 5.74) is 1.84. The van der Waals surface area contributed by atoms with Gasteiger partial charge in [-0.15, -0.1) is 0 Å². The molecule has 1 aromatic carbocycles. The van der Waals surface area contributed by atoms with E-state index in [-0.39, 0.29) is 35.9 Å². The molecule has 0 unspecified atom stereocenters. The van der Waals surface area contributed by atoms with Crippen LogP contribution in [0, 0.1) is 6.92 Å². The fourth-order valence-corrected chi connectivity index (χ4v) is 4.93. The largest absolute Gasteiger partial charge is 0.465 e. The number of ether oxygens (including phenoxy) is 2. The lowest BCUT2D eigenvalue weighted by Crippen LogP contribution is -2.49. The van der Waals surface area contributed by atoms with Crippen molar-refractivity contribution in [3.05, 3.63) is 81.5 Å². The maximum absolute atomic E-state index is 14.0. The average Bonchev–Trinajstić information content (AvgIpc) is 3.18. The van der Waals surface area contributed by atoms with Crippen LogP contribution >= 0.6 is 0 Å². The second-order valence-corrected chi connectivity index (χ2v) is 9.30. The molecule has 0 saturated carbocycles. The van der Waals surface area contributed by atoms with Crippen molar-refractivity contribution in [3.63, 3.8) is 0 Å². The van der Waals surface area contributed by atoms with E-state index in [1.54, 1.807) is 33.1 Å². The number of nitrogens with zero attached hydrogens (tertiary/aromatic N) is 5. The monoisotopic (exact) mass is 535 g/mol. The lowest BCUT2D eigenvalue weighted by molar-refractivity contribution is 0.0498. The highest BCUT2D eigenvalue weighted by Crippen LogP contribution is 2.24. The summed E-state index contributed by atoms with van der Waals surface area (Å²) in [5.74, 6) is -1.09. The highest BCUT2D eigenvalue weighted by atomic mass is 16.6. The summed E-state index contributed by atoms with van der Waals surface area (Å²) < 4.78 is 13.4. The Bertz CT molecular complexity index is 1410. The second kappa shape index (κ2) is 12.0. The Labute approximate surface area is 226 Å². The van der Waals surface area contributed by atoms with Gasteiger partial charge < -0.3 is 19.3 Å².